The van der Waals surface area contributed by atoms with E-state index >= 15 is 0 Å². The molecular weight excluding hydrogens is 370 g/mol. The minimum absolute atomic E-state index is 0.102. The Morgan fingerprint density at radius 1 is 1.26 bits per heavy atom. The lowest BCUT2D eigenvalue weighted by Crippen LogP contribution is -2.47. The topological polar surface area (TPSA) is 86.0 Å². The van der Waals surface area contributed by atoms with Crippen LogP contribution in [0.3, 0.4) is 0 Å². The highest BCUT2D eigenvalue weighted by molar-refractivity contribution is 8.02. The first kappa shape index (κ1) is 17.7. The molecule has 0 N–H and O–H groups in total. The number of benzene rings is 1. The van der Waals surface area contributed by atoms with E-state index in [1.54, 1.807) is 6.92 Å². The van der Waals surface area contributed by atoms with Crippen molar-refractivity contribution in [1.29, 1.82) is 0 Å². The Balaban J connectivity index is 1.54. The molecule has 0 radical (unpaired) electrons. The number of nitrogens with zero attached hydrogens (tertiary/aromatic N) is 1. The Bertz CT molecular complexity index is 922. The number of carbonyl (C=O) groups is 3. The zero-order valence-electron chi connectivity index (χ0n) is 14.6. The molecule has 2 aliphatic rings. The Kier molecular flexibility index (Phi) is 4.43. The molecule has 0 bridgehead atoms. The summed E-state index contributed by atoms with van der Waals surface area (Å²) in [6.07, 6.45) is 2.00. The van der Waals surface area contributed by atoms with Gasteiger partial charge in [0.1, 0.15) is 12.2 Å². The number of amides is 1. The molecular formula is C19H17NO6S. The third-order valence-electron chi connectivity index (χ3n) is 4.57. The number of ether oxygens (including phenoxy) is 2. The van der Waals surface area contributed by atoms with Crippen LogP contribution in [-0.4, -0.2) is 29.3 Å². The molecule has 27 heavy (non-hydrogen) atoms. The lowest BCUT2D eigenvalue weighted by molar-refractivity contribution is -0.148. The lowest BCUT2D eigenvalue weighted by atomic mass is 10.2. The van der Waals surface area contributed by atoms with Gasteiger partial charge in [-0.15, -0.1) is 0 Å². The van der Waals surface area contributed by atoms with Crippen LogP contribution < -0.4 is 4.90 Å². The van der Waals surface area contributed by atoms with Gasteiger partial charge in [-0.2, -0.15) is 0 Å². The first-order valence-electron chi connectivity index (χ1n) is 8.58. The average molecular weight is 387 g/mol. The van der Waals surface area contributed by atoms with Crippen molar-refractivity contribution >= 4 is 35.3 Å². The summed E-state index contributed by atoms with van der Waals surface area (Å²) in [5.74, 6) is -0.944. The van der Waals surface area contributed by atoms with E-state index in [1.807, 2.05) is 24.3 Å². The molecule has 2 aliphatic heterocycles. The molecule has 8 heteroatoms. The number of anilines is 1. The summed E-state index contributed by atoms with van der Waals surface area (Å²) in [5, 5.41) is 0. The van der Waals surface area contributed by atoms with Crippen molar-refractivity contribution in [1.82, 2.24) is 0 Å². The van der Waals surface area contributed by atoms with Gasteiger partial charge >= 0.3 is 11.9 Å². The number of hydrogen-bond acceptors (Lipinski definition) is 7. The maximum Gasteiger partial charge on any atom is 0.343 e. The number of hydrogen-bond donors (Lipinski definition) is 0. The van der Waals surface area contributed by atoms with Crippen LogP contribution in [0.15, 0.2) is 45.9 Å². The van der Waals surface area contributed by atoms with Crippen molar-refractivity contribution in [3.63, 3.8) is 0 Å². The van der Waals surface area contributed by atoms with E-state index in [-0.39, 0.29) is 36.9 Å². The van der Waals surface area contributed by atoms with Gasteiger partial charge in [0.25, 0.3) is 0 Å². The van der Waals surface area contributed by atoms with Gasteiger partial charge in [-0.1, -0.05) is 23.9 Å². The Labute approximate surface area is 159 Å². The third-order valence-corrected chi connectivity index (χ3v) is 6.02. The second kappa shape index (κ2) is 6.77. The van der Waals surface area contributed by atoms with Gasteiger partial charge in [-0.25, -0.2) is 9.59 Å². The normalized spacial score (nSPS) is 20.3. The summed E-state index contributed by atoms with van der Waals surface area (Å²) < 4.78 is 15.7. The van der Waals surface area contributed by atoms with Gasteiger partial charge in [-0.3, -0.25) is 9.69 Å². The second-order valence-electron chi connectivity index (χ2n) is 6.14. The number of carbonyl (C=O) groups excluding carboxylic acids is 3. The first-order chi connectivity index (χ1) is 13.1. The summed E-state index contributed by atoms with van der Waals surface area (Å²) in [4.78, 5) is 38.6. The predicted molar refractivity (Wildman–Crippen MR) is 96.2 cm³/mol. The zero-order chi connectivity index (χ0) is 19.0. The summed E-state index contributed by atoms with van der Waals surface area (Å²) in [7, 11) is 0. The largest absolute Gasteiger partial charge is 0.465 e. The highest BCUT2D eigenvalue weighted by Crippen LogP contribution is 2.56. The van der Waals surface area contributed by atoms with Gasteiger partial charge < -0.3 is 13.9 Å². The predicted octanol–water partition coefficient (Wildman–Crippen LogP) is 3.13. The van der Waals surface area contributed by atoms with Crippen LogP contribution in [0.1, 0.15) is 35.9 Å². The van der Waals surface area contributed by atoms with Gasteiger partial charge in [-0.05, 0) is 25.1 Å². The monoisotopic (exact) mass is 387 g/mol. The van der Waals surface area contributed by atoms with E-state index in [0.29, 0.717) is 6.42 Å². The molecule has 3 heterocycles. The van der Waals surface area contributed by atoms with Gasteiger partial charge in [0, 0.05) is 17.7 Å². The van der Waals surface area contributed by atoms with E-state index in [2.05, 4.69) is 0 Å². The fraction of sp³-hybridized carbons (Fsp3) is 0.316. The molecule has 1 atom stereocenters. The Morgan fingerprint density at radius 3 is 2.89 bits per heavy atom. The Morgan fingerprint density at radius 2 is 2.07 bits per heavy atom. The maximum atomic E-state index is 13.0. The van der Waals surface area contributed by atoms with Crippen molar-refractivity contribution in [2.45, 2.75) is 36.1 Å². The minimum Gasteiger partial charge on any atom is -0.465 e. The van der Waals surface area contributed by atoms with Crippen LogP contribution >= 0.6 is 11.8 Å². The van der Waals surface area contributed by atoms with Crippen molar-refractivity contribution in [2.75, 3.05) is 11.5 Å². The summed E-state index contributed by atoms with van der Waals surface area (Å²) in [5.41, 5.74) is 0.955. The summed E-state index contributed by atoms with van der Waals surface area (Å²) in [6.45, 7) is 1.73. The van der Waals surface area contributed by atoms with E-state index in [0.717, 1.165) is 10.6 Å². The first-order valence-corrected chi connectivity index (χ1v) is 9.40. The van der Waals surface area contributed by atoms with Crippen LogP contribution in [0.2, 0.25) is 0 Å². The van der Waals surface area contributed by atoms with Crippen LogP contribution in [0.5, 0.6) is 0 Å². The number of para-hydroxylation sites is 1. The molecule has 0 saturated carbocycles. The van der Waals surface area contributed by atoms with E-state index in [1.165, 1.54) is 29.0 Å². The van der Waals surface area contributed by atoms with E-state index in [4.69, 9.17) is 13.9 Å². The molecule has 1 fully saturated rings. The second-order valence-corrected chi connectivity index (χ2v) is 7.46. The summed E-state index contributed by atoms with van der Waals surface area (Å²) >= 11 is 1.33. The van der Waals surface area contributed by atoms with E-state index in [9.17, 15) is 14.4 Å². The molecule has 1 saturated heterocycles. The molecule has 140 valence electrons. The molecule has 4 rings (SSSR count). The van der Waals surface area contributed by atoms with Crippen molar-refractivity contribution in [3.05, 3.63) is 47.9 Å². The van der Waals surface area contributed by atoms with Gasteiger partial charge in [0.2, 0.25) is 5.91 Å². The molecule has 1 aromatic heterocycles. The zero-order valence-corrected chi connectivity index (χ0v) is 15.4. The van der Waals surface area contributed by atoms with E-state index < -0.39 is 16.8 Å². The number of rotatable bonds is 5. The smallest absolute Gasteiger partial charge is 0.343 e. The minimum atomic E-state index is -1.10. The molecule has 7 nitrogen and oxygen atoms in total. The number of thioether (sulfide) groups is 1. The molecule has 1 aromatic carbocycles. The van der Waals surface area contributed by atoms with Crippen molar-refractivity contribution in [3.8, 4) is 0 Å². The van der Waals surface area contributed by atoms with Crippen LogP contribution in [0.25, 0.3) is 0 Å². The van der Waals surface area contributed by atoms with Crippen LogP contribution in [0, 0.1) is 0 Å². The molecule has 0 spiro atoms. The fourth-order valence-corrected chi connectivity index (χ4v) is 4.77. The lowest BCUT2D eigenvalue weighted by Gasteiger charge is -2.28. The van der Waals surface area contributed by atoms with Gasteiger partial charge in [0.15, 0.2) is 10.6 Å². The SMILES string of the molecule is CCOC(=O)c1ccoc1COC(=O)[C@@]12CCC(=O)N1c1ccccc1S2. The van der Waals surface area contributed by atoms with Gasteiger partial charge in [0.05, 0.1) is 18.6 Å². The number of esters is 2. The Hall–Kier alpha value is -2.74. The number of fused-ring (bicyclic) bond motifs is 3. The highest BCUT2D eigenvalue weighted by atomic mass is 32.2. The summed E-state index contributed by atoms with van der Waals surface area (Å²) in [6, 6.07) is 8.88. The molecule has 1 amide bonds. The van der Waals surface area contributed by atoms with Crippen molar-refractivity contribution in [2.24, 2.45) is 0 Å². The van der Waals surface area contributed by atoms with Crippen LogP contribution in [0.4, 0.5) is 5.69 Å². The third kappa shape index (κ3) is 2.80. The standard InChI is InChI=1S/C19H17NO6S/c1-2-24-17(22)12-8-10-25-14(12)11-26-18(23)19-9-7-16(21)20(19)13-5-3-4-6-15(13)27-19/h3-6,8,10H,2,7,9,11H2,1H3/t19-/m0/s1. The molecule has 0 aliphatic carbocycles. The van der Waals surface area contributed by atoms with Crippen molar-refractivity contribution < 1.29 is 28.3 Å². The average Bonchev–Trinajstić information content (AvgIpc) is 3.34. The maximum absolute atomic E-state index is 13.0. The quantitative estimate of drug-likeness (QED) is 0.729. The molecule has 0 unspecified atom stereocenters. The fourth-order valence-electron chi connectivity index (χ4n) is 3.36. The number of furan rings is 1. The highest BCUT2D eigenvalue weighted by Gasteiger charge is 2.58. The molecule has 2 aromatic rings. The van der Waals surface area contributed by atoms with Crippen LogP contribution in [-0.2, 0) is 25.7 Å².